The van der Waals surface area contributed by atoms with Gasteiger partial charge in [0.25, 0.3) is 0 Å². The highest BCUT2D eigenvalue weighted by atomic mass is 35.5. The van der Waals surface area contributed by atoms with Crippen molar-refractivity contribution in [1.82, 2.24) is 5.32 Å². The summed E-state index contributed by atoms with van der Waals surface area (Å²) in [4.78, 5) is 0. The summed E-state index contributed by atoms with van der Waals surface area (Å²) in [7, 11) is 0. The Morgan fingerprint density at radius 2 is 2.00 bits per heavy atom. The molecular weight excluding hydrogens is 302 g/mol. The van der Waals surface area contributed by atoms with E-state index in [0.29, 0.717) is 12.0 Å². The third-order valence-corrected chi connectivity index (χ3v) is 5.51. The predicted molar refractivity (Wildman–Crippen MR) is 102 cm³/mol. The first-order valence-corrected chi connectivity index (χ1v) is 9.79. The van der Waals surface area contributed by atoms with E-state index in [9.17, 15) is 0 Å². The molecule has 2 rings (SSSR count). The van der Waals surface area contributed by atoms with Crippen LogP contribution in [0.1, 0.15) is 81.8 Å². The van der Waals surface area contributed by atoms with E-state index in [4.69, 9.17) is 11.6 Å². The summed E-state index contributed by atoms with van der Waals surface area (Å²) in [6.07, 6.45) is 14.6. The van der Waals surface area contributed by atoms with Gasteiger partial charge in [-0.25, -0.2) is 0 Å². The number of hydrogen-bond acceptors (Lipinski definition) is 1. The van der Waals surface area contributed by atoms with Crippen molar-refractivity contribution in [1.29, 1.82) is 0 Å². The molecule has 0 amide bonds. The van der Waals surface area contributed by atoms with Crippen molar-refractivity contribution in [3.63, 3.8) is 0 Å². The van der Waals surface area contributed by atoms with Crippen molar-refractivity contribution in [2.75, 3.05) is 0 Å². The van der Waals surface area contributed by atoms with Crippen molar-refractivity contribution < 1.29 is 0 Å². The van der Waals surface area contributed by atoms with Crippen LogP contribution in [0.15, 0.2) is 31.0 Å². The Balaban J connectivity index is 2.11. The summed E-state index contributed by atoms with van der Waals surface area (Å²) in [6, 6.07) is 7.25. The molecule has 1 saturated carbocycles. The number of halogens is 1. The van der Waals surface area contributed by atoms with Crippen LogP contribution in [0, 0.1) is 0 Å². The molecule has 0 aliphatic heterocycles. The molecule has 2 atom stereocenters. The normalized spacial score (nSPS) is 21.7. The first kappa shape index (κ1) is 18.4. The summed E-state index contributed by atoms with van der Waals surface area (Å²) >= 11 is 6.45. The first-order valence-electron chi connectivity index (χ1n) is 9.41. The minimum atomic E-state index is 0.518. The monoisotopic (exact) mass is 333 g/mol. The maximum atomic E-state index is 6.45. The van der Waals surface area contributed by atoms with Gasteiger partial charge in [-0.2, -0.15) is 0 Å². The third kappa shape index (κ3) is 5.57. The van der Waals surface area contributed by atoms with Gasteiger partial charge in [-0.15, -0.1) is 0 Å². The Kier molecular flexibility index (Phi) is 8.02. The molecule has 128 valence electrons. The van der Waals surface area contributed by atoms with Crippen LogP contribution >= 0.6 is 11.6 Å². The highest BCUT2D eigenvalue weighted by Crippen LogP contribution is 2.34. The van der Waals surface area contributed by atoms with Crippen molar-refractivity contribution in [3.8, 4) is 0 Å². The smallest absolute Gasteiger partial charge is 0.0438 e. The average Bonchev–Trinajstić information content (AvgIpc) is 2.79. The molecular formula is C21H32ClN. The standard InChI is InChI=1S/C21H32ClN/c1-3-5-6-8-11-18-16-17(14-15-20(18)22)19-12-9-7-10-13-21(19)23-4-2/h4,14-16,19,21,23H,2-3,5-13H2,1H3. The van der Waals surface area contributed by atoms with Gasteiger partial charge in [0, 0.05) is 17.0 Å². The summed E-state index contributed by atoms with van der Waals surface area (Å²) < 4.78 is 0. The zero-order valence-corrected chi connectivity index (χ0v) is 15.4. The fourth-order valence-electron chi connectivity index (χ4n) is 3.82. The van der Waals surface area contributed by atoms with E-state index < -0.39 is 0 Å². The van der Waals surface area contributed by atoms with Crippen LogP contribution in [-0.4, -0.2) is 6.04 Å². The molecule has 0 spiro atoms. The van der Waals surface area contributed by atoms with E-state index in [0.717, 1.165) is 11.4 Å². The molecule has 0 radical (unpaired) electrons. The topological polar surface area (TPSA) is 12.0 Å². The highest BCUT2D eigenvalue weighted by Gasteiger charge is 2.24. The van der Waals surface area contributed by atoms with Gasteiger partial charge < -0.3 is 5.32 Å². The minimum Gasteiger partial charge on any atom is -0.388 e. The average molecular weight is 334 g/mol. The molecule has 1 aromatic carbocycles. The zero-order chi connectivity index (χ0) is 16.5. The van der Waals surface area contributed by atoms with Crippen molar-refractivity contribution in [3.05, 3.63) is 47.1 Å². The Labute approximate surface area is 147 Å². The number of rotatable bonds is 8. The van der Waals surface area contributed by atoms with Gasteiger partial charge in [0.05, 0.1) is 0 Å². The minimum absolute atomic E-state index is 0.518. The van der Waals surface area contributed by atoms with Crippen molar-refractivity contribution >= 4 is 11.6 Å². The predicted octanol–water partition coefficient (Wildman–Crippen LogP) is 6.61. The molecule has 0 bridgehead atoms. The van der Waals surface area contributed by atoms with Gasteiger partial charge >= 0.3 is 0 Å². The summed E-state index contributed by atoms with van der Waals surface area (Å²) in [5, 5.41) is 4.44. The summed E-state index contributed by atoms with van der Waals surface area (Å²) in [5.41, 5.74) is 2.79. The summed E-state index contributed by atoms with van der Waals surface area (Å²) in [5.74, 6) is 0.585. The van der Waals surface area contributed by atoms with Gasteiger partial charge in [0.15, 0.2) is 0 Å². The van der Waals surface area contributed by atoms with Crippen molar-refractivity contribution in [2.24, 2.45) is 0 Å². The zero-order valence-electron chi connectivity index (χ0n) is 14.6. The van der Waals surface area contributed by atoms with Crippen LogP contribution in [0.5, 0.6) is 0 Å². The van der Waals surface area contributed by atoms with Gasteiger partial charge in [-0.3, -0.25) is 0 Å². The molecule has 0 heterocycles. The van der Waals surface area contributed by atoms with Crippen molar-refractivity contribution in [2.45, 2.75) is 83.1 Å². The quantitative estimate of drug-likeness (QED) is 0.416. The van der Waals surface area contributed by atoms with E-state index >= 15 is 0 Å². The second-order valence-electron chi connectivity index (χ2n) is 6.88. The fourth-order valence-corrected chi connectivity index (χ4v) is 4.03. The largest absolute Gasteiger partial charge is 0.388 e. The molecule has 1 aliphatic carbocycles. The van der Waals surface area contributed by atoms with E-state index in [1.807, 2.05) is 6.20 Å². The lowest BCUT2D eigenvalue weighted by Gasteiger charge is -2.26. The van der Waals surface area contributed by atoms with Crippen LogP contribution in [0.25, 0.3) is 0 Å². The second-order valence-corrected chi connectivity index (χ2v) is 7.29. The van der Waals surface area contributed by atoms with Gasteiger partial charge in [-0.05, 0) is 49.1 Å². The lowest BCUT2D eigenvalue weighted by molar-refractivity contribution is 0.453. The fraction of sp³-hybridized carbons (Fsp3) is 0.619. The lowest BCUT2D eigenvalue weighted by atomic mass is 9.86. The Hall–Kier alpha value is -0.950. The number of hydrogen-bond donors (Lipinski definition) is 1. The molecule has 1 aliphatic rings. The van der Waals surface area contributed by atoms with E-state index in [1.54, 1.807) is 0 Å². The molecule has 0 aromatic heterocycles. The number of benzene rings is 1. The van der Waals surface area contributed by atoms with Crippen LogP contribution in [-0.2, 0) is 6.42 Å². The van der Waals surface area contributed by atoms with Gasteiger partial charge in [-0.1, -0.05) is 75.8 Å². The first-order chi connectivity index (χ1) is 11.3. The molecule has 2 heteroatoms. The van der Waals surface area contributed by atoms with Gasteiger partial charge in [0.1, 0.15) is 0 Å². The molecule has 1 aromatic rings. The van der Waals surface area contributed by atoms with E-state index in [1.165, 1.54) is 68.9 Å². The van der Waals surface area contributed by atoms with E-state index in [2.05, 4.69) is 37.0 Å². The highest BCUT2D eigenvalue weighted by molar-refractivity contribution is 6.31. The van der Waals surface area contributed by atoms with Crippen LogP contribution in [0.2, 0.25) is 5.02 Å². The van der Waals surface area contributed by atoms with Gasteiger partial charge in [0.2, 0.25) is 0 Å². The molecule has 1 nitrogen and oxygen atoms in total. The molecule has 1 N–H and O–H groups in total. The lowest BCUT2D eigenvalue weighted by Crippen LogP contribution is -2.30. The van der Waals surface area contributed by atoms with E-state index in [-0.39, 0.29) is 0 Å². The Morgan fingerprint density at radius 3 is 2.78 bits per heavy atom. The Morgan fingerprint density at radius 1 is 1.17 bits per heavy atom. The van der Waals surface area contributed by atoms with Crippen LogP contribution in [0.3, 0.4) is 0 Å². The molecule has 1 fully saturated rings. The number of nitrogens with one attached hydrogen (secondary N) is 1. The Bertz CT molecular complexity index is 483. The van der Waals surface area contributed by atoms with Crippen LogP contribution in [0.4, 0.5) is 0 Å². The van der Waals surface area contributed by atoms with Crippen LogP contribution < -0.4 is 5.32 Å². The third-order valence-electron chi connectivity index (χ3n) is 5.15. The molecule has 23 heavy (non-hydrogen) atoms. The SMILES string of the molecule is C=CNC1CCCCCC1c1ccc(Cl)c(CCCCCC)c1. The molecule has 2 unspecified atom stereocenters. The summed E-state index contributed by atoms with van der Waals surface area (Å²) in [6.45, 7) is 6.13. The number of aryl methyl sites for hydroxylation is 1. The molecule has 0 saturated heterocycles. The second kappa shape index (κ2) is 10.0. The maximum Gasteiger partial charge on any atom is 0.0438 e. The number of unbranched alkanes of at least 4 members (excludes halogenated alkanes) is 3. The maximum absolute atomic E-state index is 6.45.